The molecule has 110 valence electrons. The van der Waals surface area contributed by atoms with E-state index >= 15 is 0 Å². The van der Waals surface area contributed by atoms with E-state index in [1.807, 2.05) is 6.92 Å². The molecule has 7 heteroatoms. The summed E-state index contributed by atoms with van der Waals surface area (Å²) in [4.78, 5) is 22.1. The van der Waals surface area contributed by atoms with Gasteiger partial charge >= 0.3 is 0 Å². The molecule has 0 aliphatic heterocycles. The van der Waals surface area contributed by atoms with Gasteiger partial charge in [0.2, 0.25) is 5.91 Å². The number of halogens is 1. The van der Waals surface area contributed by atoms with Gasteiger partial charge in [-0.1, -0.05) is 31.4 Å². The van der Waals surface area contributed by atoms with Crippen molar-refractivity contribution < 1.29 is 9.72 Å². The van der Waals surface area contributed by atoms with Gasteiger partial charge in [-0.15, -0.1) is 0 Å². The molecule has 6 nitrogen and oxygen atoms in total. The van der Waals surface area contributed by atoms with Crippen molar-refractivity contribution in [2.45, 2.75) is 39.2 Å². The number of hydrogen-bond donors (Lipinski definition) is 2. The van der Waals surface area contributed by atoms with E-state index in [1.165, 1.54) is 12.1 Å². The third-order valence-electron chi connectivity index (χ3n) is 2.95. The number of nitrogens with two attached hydrogens (primary N) is 1. The highest BCUT2D eigenvalue weighted by Crippen LogP contribution is 2.30. The van der Waals surface area contributed by atoms with Crippen molar-refractivity contribution in [2.75, 3.05) is 5.32 Å². The highest BCUT2D eigenvalue weighted by Gasteiger charge is 2.18. The Balaban J connectivity index is 2.85. The quantitative estimate of drug-likeness (QED) is 0.623. The number of nitro groups is 1. The van der Waals surface area contributed by atoms with Crippen LogP contribution < -0.4 is 11.1 Å². The third-order valence-corrected chi connectivity index (χ3v) is 3.26. The Bertz CT molecular complexity index is 520. The molecule has 0 spiro atoms. The Labute approximate surface area is 122 Å². The monoisotopic (exact) mass is 299 g/mol. The standard InChI is InChI=1S/C13H18ClN3O3/c1-3-4-5-10(15)13(18)16-11-7-9(14)12(17(19)20)6-8(11)2/h6-7,10H,3-5,15H2,1-2H3,(H,16,18). The predicted molar refractivity (Wildman–Crippen MR) is 79.0 cm³/mol. The smallest absolute Gasteiger partial charge is 0.288 e. The van der Waals surface area contributed by atoms with E-state index in [0.29, 0.717) is 17.7 Å². The minimum Gasteiger partial charge on any atom is -0.324 e. The first-order valence-corrected chi connectivity index (χ1v) is 6.75. The number of aryl methyl sites for hydroxylation is 1. The maximum atomic E-state index is 11.9. The lowest BCUT2D eigenvalue weighted by molar-refractivity contribution is -0.384. The van der Waals surface area contributed by atoms with Crippen LogP contribution in [-0.4, -0.2) is 16.9 Å². The molecule has 0 saturated heterocycles. The first-order chi connectivity index (χ1) is 9.36. The average Bonchev–Trinajstić information content (AvgIpc) is 2.39. The first-order valence-electron chi connectivity index (χ1n) is 6.37. The van der Waals surface area contributed by atoms with E-state index in [1.54, 1.807) is 6.92 Å². The molecule has 20 heavy (non-hydrogen) atoms. The van der Waals surface area contributed by atoms with E-state index in [4.69, 9.17) is 17.3 Å². The number of rotatable bonds is 6. The Morgan fingerprint density at radius 2 is 2.20 bits per heavy atom. The lowest BCUT2D eigenvalue weighted by Gasteiger charge is -2.13. The number of hydrogen-bond acceptors (Lipinski definition) is 4. The molecular formula is C13H18ClN3O3. The molecule has 0 aromatic heterocycles. The topological polar surface area (TPSA) is 98.3 Å². The molecule has 0 radical (unpaired) electrons. The molecule has 1 rings (SSSR count). The van der Waals surface area contributed by atoms with Crippen molar-refractivity contribution in [2.24, 2.45) is 5.73 Å². The van der Waals surface area contributed by atoms with Crippen molar-refractivity contribution in [3.63, 3.8) is 0 Å². The molecule has 0 saturated carbocycles. The van der Waals surface area contributed by atoms with Gasteiger partial charge in [-0.05, 0) is 25.0 Å². The van der Waals surface area contributed by atoms with E-state index < -0.39 is 11.0 Å². The summed E-state index contributed by atoms with van der Waals surface area (Å²) in [6.07, 6.45) is 2.43. The highest BCUT2D eigenvalue weighted by molar-refractivity contribution is 6.33. The fraction of sp³-hybridized carbons (Fsp3) is 0.462. The van der Waals surface area contributed by atoms with Crippen LogP contribution in [-0.2, 0) is 4.79 Å². The molecule has 1 atom stereocenters. The fourth-order valence-corrected chi connectivity index (χ4v) is 1.95. The summed E-state index contributed by atoms with van der Waals surface area (Å²) in [6.45, 7) is 3.68. The van der Waals surface area contributed by atoms with Crippen LogP contribution in [0.3, 0.4) is 0 Å². The van der Waals surface area contributed by atoms with Crippen LogP contribution in [0.5, 0.6) is 0 Å². The van der Waals surface area contributed by atoms with E-state index in [-0.39, 0.29) is 16.6 Å². The van der Waals surface area contributed by atoms with Crippen molar-refractivity contribution in [1.29, 1.82) is 0 Å². The first kappa shape index (κ1) is 16.4. The second-order valence-corrected chi connectivity index (χ2v) is 5.02. The number of unbranched alkanes of at least 4 members (excludes halogenated alkanes) is 1. The molecule has 3 N–H and O–H groups in total. The van der Waals surface area contributed by atoms with Gasteiger partial charge < -0.3 is 11.1 Å². The SMILES string of the molecule is CCCCC(N)C(=O)Nc1cc(Cl)c([N+](=O)[O-])cc1C. The molecule has 1 aromatic rings. The molecule has 0 fully saturated rings. The lowest BCUT2D eigenvalue weighted by atomic mass is 10.1. The van der Waals surface area contributed by atoms with Crippen molar-refractivity contribution in [3.8, 4) is 0 Å². The number of benzene rings is 1. The Hall–Kier alpha value is -1.66. The summed E-state index contributed by atoms with van der Waals surface area (Å²) in [6, 6.07) is 2.11. The van der Waals surface area contributed by atoms with E-state index in [2.05, 4.69) is 5.32 Å². The van der Waals surface area contributed by atoms with Gasteiger partial charge in [0, 0.05) is 11.8 Å². The second kappa shape index (κ2) is 7.21. The number of anilines is 1. The molecule has 0 aliphatic rings. The molecular weight excluding hydrogens is 282 g/mol. The van der Waals surface area contributed by atoms with Gasteiger partial charge in [0.25, 0.3) is 5.69 Å². The molecule has 0 bridgehead atoms. The summed E-state index contributed by atoms with van der Waals surface area (Å²) in [5, 5.41) is 13.4. The molecule has 0 aliphatic carbocycles. The van der Waals surface area contributed by atoms with Crippen molar-refractivity contribution >= 4 is 28.9 Å². The zero-order valence-corrected chi connectivity index (χ0v) is 12.2. The highest BCUT2D eigenvalue weighted by atomic mass is 35.5. The minimum atomic E-state index is -0.594. The number of amides is 1. The number of nitro benzene ring substituents is 1. The number of carbonyl (C=O) groups is 1. The Morgan fingerprint density at radius 3 is 2.75 bits per heavy atom. The maximum absolute atomic E-state index is 11.9. The second-order valence-electron chi connectivity index (χ2n) is 4.61. The van der Waals surface area contributed by atoms with Crippen LogP contribution >= 0.6 is 11.6 Å². The summed E-state index contributed by atoms with van der Waals surface area (Å²) in [5.74, 6) is -0.313. The van der Waals surface area contributed by atoms with Gasteiger partial charge in [0.1, 0.15) is 5.02 Å². The summed E-state index contributed by atoms with van der Waals surface area (Å²) in [5.41, 5.74) is 6.59. The molecule has 1 amide bonds. The van der Waals surface area contributed by atoms with Crippen LogP contribution in [0.1, 0.15) is 31.7 Å². The maximum Gasteiger partial charge on any atom is 0.288 e. The number of carbonyl (C=O) groups excluding carboxylic acids is 1. The van der Waals surface area contributed by atoms with Gasteiger partial charge in [-0.25, -0.2) is 0 Å². The largest absolute Gasteiger partial charge is 0.324 e. The van der Waals surface area contributed by atoms with Gasteiger partial charge in [0.15, 0.2) is 0 Å². The van der Waals surface area contributed by atoms with Crippen LogP contribution in [0, 0.1) is 17.0 Å². The number of nitrogens with zero attached hydrogens (tertiary/aromatic N) is 1. The molecule has 1 aromatic carbocycles. The summed E-state index contributed by atoms with van der Waals surface area (Å²) >= 11 is 5.82. The van der Waals surface area contributed by atoms with Gasteiger partial charge in [0.05, 0.1) is 11.0 Å². The molecule has 0 heterocycles. The minimum absolute atomic E-state index is 0.0157. The fourth-order valence-electron chi connectivity index (χ4n) is 1.72. The Kier molecular flexibility index (Phi) is 5.91. The zero-order valence-electron chi connectivity index (χ0n) is 11.5. The normalized spacial score (nSPS) is 12.0. The predicted octanol–water partition coefficient (Wildman–Crippen LogP) is 3.01. The lowest BCUT2D eigenvalue weighted by Crippen LogP contribution is -2.35. The van der Waals surface area contributed by atoms with Crippen LogP contribution in [0.15, 0.2) is 12.1 Å². The average molecular weight is 300 g/mol. The van der Waals surface area contributed by atoms with Gasteiger partial charge in [-0.2, -0.15) is 0 Å². The van der Waals surface area contributed by atoms with Crippen LogP contribution in [0.4, 0.5) is 11.4 Å². The zero-order chi connectivity index (χ0) is 15.3. The molecule has 1 unspecified atom stereocenters. The van der Waals surface area contributed by atoms with Crippen molar-refractivity contribution in [3.05, 3.63) is 32.8 Å². The van der Waals surface area contributed by atoms with Crippen LogP contribution in [0.25, 0.3) is 0 Å². The number of nitrogens with one attached hydrogen (secondary N) is 1. The summed E-state index contributed by atoms with van der Waals surface area (Å²) in [7, 11) is 0. The Morgan fingerprint density at radius 1 is 1.55 bits per heavy atom. The van der Waals surface area contributed by atoms with E-state index in [9.17, 15) is 14.9 Å². The van der Waals surface area contributed by atoms with Crippen molar-refractivity contribution in [1.82, 2.24) is 0 Å². The van der Waals surface area contributed by atoms with Crippen LogP contribution in [0.2, 0.25) is 5.02 Å². The van der Waals surface area contributed by atoms with Gasteiger partial charge in [-0.3, -0.25) is 14.9 Å². The third kappa shape index (κ3) is 4.18. The van der Waals surface area contributed by atoms with E-state index in [0.717, 1.165) is 12.8 Å². The summed E-state index contributed by atoms with van der Waals surface area (Å²) < 4.78 is 0.